The van der Waals surface area contributed by atoms with Gasteiger partial charge in [0.15, 0.2) is 0 Å². The molecule has 0 radical (unpaired) electrons. The van der Waals surface area contributed by atoms with E-state index in [4.69, 9.17) is 5.73 Å². The topological polar surface area (TPSA) is 72.2 Å². The molecule has 17 heavy (non-hydrogen) atoms. The van der Waals surface area contributed by atoms with Gasteiger partial charge in [-0.3, -0.25) is 9.00 Å². The highest BCUT2D eigenvalue weighted by Gasteiger charge is 2.11. The molecule has 3 N–H and O–H groups in total. The van der Waals surface area contributed by atoms with E-state index in [2.05, 4.69) is 5.32 Å². The zero-order valence-corrected chi connectivity index (χ0v) is 10.3. The Hall–Kier alpha value is -1.43. The molecule has 1 amide bonds. The van der Waals surface area contributed by atoms with E-state index in [9.17, 15) is 13.4 Å². The molecule has 0 saturated carbocycles. The Morgan fingerprint density at radius 2 is 2.24 bits per heavy atom. The van der Waals surface area contributed by atoms with Crippen LogP contribution in [-0.2, 0) is 15.6 Å². The molecule has 0 fully saturated rings. The second-order valence-electron chi connectivity index (χ2n) is 3.44. The van der Waals surface area contributed by atoms with Crippen molar-refractivity contribution in [1.29, 1.82) is 0 Å². The number of benzene rings is 1. The Balaban J connectivity index is 2.64. The molecular weight excluding hydrogens is 243 g/mol. The van der Waals surface area contributed by atoms with Crippen molar-refractivity contribution in [3.63, 3.8) is 0 Å². The maximum absolute atomic E-state index is 13.0. The third-order valence-electron chi connectivity index (χ3n) is 2.11. The average Bonchev–Trinajstić information content (AvgIpc) is 2.29. The van der Waals surface area contributed by atoms with Crippen LogP contribution in [0.3, 0.4) is 0 Å². The third-order valence-corrected chi connectivity index (χ3v) is 3.53. The molecule has 0 heterocycles. The molecule has 0 bridgehead atoms. The smallest absolute Gasteiger partial charge is 0.220 e. The van der Waals surface area contributed by atoms with Crippen LogP contribution in [0.5, 0.6) is 0 Å². The Morgan fingerprint density at radius 3 is 2.88 bits per heavy atom. The Morgan fingerprint density at radius 1 is 1.53 bits per heavy atom. The van der Waals surface area contributed by atoms with Crippen LogP contribution in [0.4, 0.5) is 10.1 Å². The number of hydrogen-bond acceptors (Lipinski definition) is 3. The van der Waals surface area contributed by atoms with E-state index in [-0.39, 0.29) is 28.7 Å². The number of nitrogens with one attached hydrogen (secondary N) is 1. The Bertz CT molecular complexity index is 437. The van der Waals surface area contributed by atoms with Gasteiger partial charge in [-0.1, -0.05) is 0 Å². The van der Waals surface area contributed by atoms with Crippen molar-refractivity contribution in [2.75, 3.05) is 18.0 Å². The number of halogens is 1. The molecule has 1 rings (SSSR count). The second-order valence-corrected chi connectivity index (χ2v) is 4.97. The highest BCUT2D eigenvalue weighted by molar-refractivity contribution is 7.85. The van der Waals surface area contributed by atoms with Gasteiger partial charge in [0.25, 0.3) is 0 Å². The first-order valence-electron chi connectivity index (χ1n) is 5.24. The lowest BCUT2D eigenvalue weighted by Gasteiger charge is -2.06. The lowest BCUT2D eigenvalue weighted by molar-refractivity contribution is -0.120. The van der Waals surface area contributed by atoms with E-state index in [1.165, 1.54) is 12.1 Å². The van der Waals surface area contributed by atoms with Crippen LogP contribution in [0.25, 0.3) is 0 Å². The normalized spacial score (nSPS) is 12.1. The standard InChI is InChI=1S/C11H15FN2O2S/c1-2-14-11(15)5-6-17(16)10-7-8(12)3-4-9(10)13/h3-4,7H,2,5-6,13H2,1H3,(H,14,15). The minimum absolute atomic E-state index is 0.135. The van der Waals surface area contributed by atoms with Gasteiger partial charge in [-0.2, -0.15) is 0 Å². The minimum Gasteiger partial charge on any atom is -0.398 e. The highest BCUT2D eigenvalue weighted by atomic mass is 32.2. The van der Waals surface area contributed by atoms with Gasteiger partial charge >= 0.3 is 0 Å². The first-order valence-corrected chi connectivity index (χ1v) is 6.56. The summed E-state index contributed by atoms with van der Waals surface area (Å²) >= 11 is 0. The first-order chi connectivity index (χ1) is 8.04. The molecular formula is C11H15FN2O2S. The molecule has 4 nitrogen and oxygen atoms in total. The van der Waals surface area contributed by atoms with Gasteiger partial charge in [0.2, 0.25) is 5.91 Å². The van der Waals surface area contributed by atoms with Crippen molar-refractivity contribution in [1.82, 2.24) is 5.32 Å². The monoisotopic (exact) mass is 258 g/mol. The summed E-state index contributed by atoms with van der Waals surface area (Å²) in [6, 6.07) is 3.72. The molecule has 94 valence electrons. The van der Waals surface area contributed by atoms with E-state index in [1.54, 1.807) is 6.92 Å². The predicted octanol–water partition coefficient (Wildman–Crippen LogP) is 1.04. The van der Waals surface area contributed by atoms with Crippen LogP contribution in [-0.4, -0.2) is 22.4 Å². The average molecular weight is 258 g/mol. The molecule has 1 aromatic carbocycles. The van der Waals surface area contributed by atoms with Crippen LogP contribution in [0.2, 0.25) is 0 Å². The third kappa shape index (κ3) is 4.14. The Kier molecular flexibility index (Phi) is 5.09. The minimum atomic E-state index is -1.46. The van der Waals surface area contributed by atoms with Crippen molar-refractivity contribution in [3.05, 3.63) is 24.0 Å². The van der Waals surface area contributed by atoms with Crippen LogP contribution < -0.4 is 11.1 Å². The van der Waals surface area contributed by atoms with E-state index < -0.39 is 16.6 Å². The summed E-state index contributed by atoms with van der Waals surface area (Å²) in [5.74, 6) is -0.518. The SMILES string of the molecule is CCNC(=O)CCS(=O)c1cc(F)ccc1N. The molecule has 1 unspecified atom stereocenters. The molecule has 6 heteroatoms. The van der Waals surface area contributed by atoms with Gasteiger partial charge in [-0.05, 0) is 25.1 Å². The van der Waals surface area contributed by atoms with E-state index in [0.29, 0.717) is 6.54 Å². The molecule has 0 aliphatic rings. The fraction of sp³-hybridized carbons (Fsp3) is 0.364. The van der Waals surface area contributed by atoms with Gasteiger partial charge in [0.05, 0.1) is 15.7 Å². The number of anilines is 1. The van der Waals surface area contributed by atoms with E-state index >= 15 is 0 Å². The molecule has 0 aromatic heterocycles. The van der Waals surface area contributed by atoms with Crippen molar-refractivity contribution in [2.45, 2.75) is 18.2 Å². The predicted molar refractivity (Wildman–Crippen MR) is 65.4 cm³/mol. The van der Waals surface area contributed by atoms with E-state index in [1.807, 2.05) is 0 Å². The van der Waals surface area contributed by atoms with Crippen LogP contribution in [0.1, 0.15) is 13.3 Å². The summed E-state index contributed by atoms with van der Waals surface area (Å²) in [5, 5.41) is 2.60. The summed E-state index contributed by atoms with van der Waals surface area (Å²) in [4.78, 5) is 11.4. The van der Waals surface area contributed by atoms with Crippen molar-refractivity contribution < 1.29 is 13.4 Å². The Labute approximate surface area is 102 Å². The largest absolute Gasteiger partial charge is 0.398 e. The number of carbonyl (C=O) groups excluding carboxylic acids is 1. The van der Waals surface area contributed by atoms with Crippen LogP contribution in [0, 0.1) is 5.82 Å². The maximum Gasteiger partial charge on any atom is 0.220 e. The molecule has 0 aliphatic carbocycles. The maximum atomic E-state index is 13.0. The summed E-state index contributed by atoms with van der Waals surface area (Å²) in [7, 11) is -1.46. The van der Waals surface area contributed by atoms with Gasteiger partial charge < -0.3 is 11.1 Å². The zero-order chi connectivity index (χ0) is 12.8. The summed E-state index contributed by atoms with van der Waals surface area (Å²) in [6.07, 6.45) is 0.135. The molecule has 1 aromatic rings. The van der Waals surface area contributed by atoms with Gasteiger partial charge in [-0.25, -0.2) is 4.39 Å². The van der Waals surface area contributed by atoms with Gasteiger partial charge in [-0.15, -0.1) is 0 Å². The van der Waals surface area contributed by atoms with E-state index in [0.717, 1.165) is 6.07 Å². The lowest BCUT2D eigenvalue weighted by atomic mass is 10.3. The van der Waals surface area contributed by atoms with Crippen molar-refractivity contribution >= 4 is 22.4 Å². The summed E-state index contributed by atoms with van der Waals surface area (Å²) in [6.45, 7) is 2.34. The molecule has 1 atom stereocenters. The van der Waals surface area contributed by atoms with Crippen molar-refractivity contribution in [2.24, 2.45) is 0 Å². The van der Waals surface area contributed by atoms with Crippen LogP contribution >= 0.6 is 0 Å². The number of amides is 1. The molecule has 0 spiro atoms. The number of rotatable bonds is 5. The van der Waals surface area contributed by atoms with Crippen molar-refractivity contribution in [3.8, 4) is 0 Å². The number of nitrogen functional groups attached to an aromatic ring is 1. The zero-order valence-electron chi connectivity index (χ0n) is 9.53. The number of hydrogen-bond donors (Lipinski definition) is 2. The number of nitrogens with two attached hydrogens (primary N) is 1. The second kappa shape index (κ2) is 6.34. The molecule has 0 saturated heterocycles. The number of carbonyl (C=O) groups is 1. The van der Waals surface area contributed by atoms with Gasteiger partial charge in [0, 0.05) is 24.4 Å². The lowest BCUT2D eigenvalue weighted by Crippen LogP contribution is -2.24. The van der Waals surface area contributed by atoms with Gasteiger partial charge in [0.1, 0.15) is 5.82 Å². The summed E-state index contributed by atoms with van der Waals surface area (Å²) < 4.78 is 24.8. The quantitative estimate of drug-likeness (QED) is 0.775. The fourth-order valence-corrected chi connectivity index (χ4v) is 2.45. The molecule has 0 aliphatic heterocycles. The first kappa shape index (κ1) is 13.6. The summed E-state index contributed by atoms with van der Waals surface area (Å²) in [5.41, 5.74) is 5.87. The van der Waals surface area contributed by atoms with Crippen LogP contribution in [0.15, 0.2) is 23.1 Å². The fourth-order valence-electron chi connectivity index (χ4n) is 1.29. The highest BCUT2D eigenvalue weighted by Crippen LogP contribution is 2.18.